The van der Waals surface area contributed by atoms with E-state index in [2.05, 4.69) is 10.1 Å². The molecule has 0 aliphatic carbocycles. The molecule has 0 saturated carbocycles. The Bertz CT molecular complexity index is 779. The lowest BCUT2D eigenvalue weighted by atomic mass is 10.1. The highest BCUT2D eigenvalue weighted by atomic mass is 19.1. The number of aldehydes is 1. The summed E-state index contributed by atoms with van der Waals surface area (Å²) in [6, 6.07) is 8.36. The zero-order valence-electron chi connectivity index (χ0n) is 10.2. The van der Waals surface area contributed by atoms with E-state index in [4.69, 9.17) is 0 Å². The number of hydrogen-bond donors (Lipinski definition) is 0. The Morgan fingerprint density at radius 2 is 2.11 bits per heavy atom. The van der Waals surface area contributed by atoms with Crippen LogP contribution in [0.15, 0.2) is 36.5 Å². The number of hydrogen-bond acceptors (Lipinski definition) is 3. The maximum absolute atomic E-state index is 13.3. The first-order valence-corrected chi connectivity index (χ1v) is 5.75. The van der Waals surface area contributed by atoms with Crippen LogP contribution in [0.1, 0.15) is 16.1 Å². The van der Waals surface area contributed by atoms with E-state index in [9.17, 15) is 9.18 Å². The van der Waals surface area contributed by atoms with Crippen molar-refractivity contribution in [3.8, 4) is 11.3 Å². The largest absolute Gasteiger partial charge is 0.296 e. The number of carbonyl (C=O) groups excluding carboxylic acids is 1. The van der Waals surface area contributed by atoms with Crippen LogP contribution in [0, 0.1) is 12.7 Å². The molecule has 4 nitrogen and oxygen atoms in total. The summed E-state index contributed by atoms with van der Waals surface area (Å²) in [5.74, 6) is -0.249. The van der Waals surface area contributed by atoms with E-state index in [1.54, 1.807) is 31.2 Å². The highest BCUT2D eigenvalue weighted by Crippen LogP contribution is 2.20. The first-order chi connectivity index (χ1) is 9.19. The van der Waals surface area contributed by atoms with Gasteiger partial charge in [-0.3, -0.25) is 4.79 Å². The molecule has 3 rings (SSSR count). The van der Waals surface area contributed by atoms with Crippen LogP contribution in [-0.4, -0.2) is 20.9 Å². The highest BCUT2D eigenvalue weighted by molar-refractivity contribution is 5.74. The van der Waals surface area contributed by atoms with Gasteiger partial charge in [0.05, 0.1) is 11.9 Å². The average Bonchev–Trinajstić information content (AvgIpc) is 2.84. The van der Waals surface area contributed by atoms with Crippen LogP contribution in [0.2, 0.25) is 0 Å². The maximum atomic E-state index is 13.3. The topological polar surface area (TPSA) is 47.3 Å². The van der Waals surface area contributed by atoms with Gasteiger partial charge in [0.2, 0.25) is 0 Å². The molecule has 19 heavy (non-hydrogen) atoms. The van der Waals surface area contributed by atoms with E-state index in [0.717, 1.165) is 5.56 Å². The first kappa shape index (κ1) is 11.5. The molecule has 3 aromatic rings. The third-order valence-electron chi connectivity index (χ3n) is 2.96. The zero-order valence-corrected chi connectivity index (χ0v) is 10.2. The molecule has 5 heteroatoms. The molecule has 0 spiro atoms. The molecule has 0 saturated heterocycles. The summed E-state index contributed by atoms with van der Waals surface area (Å²) in [4.78, 5) is 14.9. The predicted molar refractivity (Wildman–Crippen MR) is 68.5 cm³/mol. The van der Waals surface area contributed by atoms with E-state index >= 15 is 0 Å². The van der Waals surface area contributed by atoms with Gasteiger partial charge in [0.15, 0.2) is 11.9 Å². The van der Waals surface area contributed by atoms with Gasteiger partial charge >= 0.3 is 0 Å². The summed E-state index contributed by atoms with van der Waals surface area (Å²) in [5.41, 5.74) is 3.00. The highest BCUT2D eigenvalue weighted by Gasteiger charge is 2.07. The standard InChI is InChI=1S/C14H10FN3O/c1-9-6-10(2-3-12(9)15)13-4-5-14-16-7-11(8-19)18(14)17-13/h2-8H,1H3. The molecule has 0 unspecified atom stereocenters. The lowest BCUT2D eigenvalue weighted by molar-refractivity contribution is 0.111. The number of benzene rings is 1. The number of rotatable bonds is 2. The third kappa shape index (κ3) is 1.89. The molecule has 1 aromatic carbocycles. The van der Waals surface area contributed by atoms with Crippen LogP contribution >= 0.6 is 0 Å². The van der Waals surface area contributed by atoms with E-state index < -0.39 is 0 Å². The molecule has 0 N–H and O–H groups in total. The fraction of sp³-hybridized carbons (Fsp3) is 0.0714. The number of fused-ring (bicyclic) bond motifs is 1. The normalized spacial score (nSPS) is 10.8. The second-order valence-corrected chi connectivity index (χ2v) is 4.25. The Balaban J connectivity index is 2.18. The van der Waals surface area contributed by atoms with Crippen LogP contribution in [0.25, 0.3) is 16.9 Å². The molecule has 94 valence electrons. The van der Waals surface area contributed by atoms with Crippen LogP contribution < -0.4 is 0 Å². The van der Waals surface area contributed by atoms with Gasteiger partial charge in [-0.05, 0) is 42.8 Å². The van der Waals surface area contributed by atoms with Gasteiger partial charge in [-0.2, -0.15) is 5.10 Å². The van der Waals surface area contributed by atoms with Crippen molar-refractivity contribution in [3.63, 3.8) is 0 Å². The minimum Gasteiger partial charge on any atom is -0.296 e. The van der Waals surface area contributed by atoms with Crippen molar-refractivity contribution in [2.24, 2.45) is 0 Å². The van der Waals surface area contributed by atoms with Crippen molar-refractivity contribution in [2.75, 3.05) is 0 Å². The molecule has 0 aliphatic rings. The Morgan fingerprint density at radius 3 is 2.84 bits per heavy atom. The number of carbonyl (C=O) groups is 1. The molecule has 0 radical (unpaired) electrons. The van der Waals surface area contributed by atoms with Gasteiger partial charge in [0.25, 0.3) is 0 Å². The van der Waals surface area contributed by atoms with Gasteiger partial charge in [-0.15, -0.1) is 0 Å². The van der Waals surface area contributed by atoms with Crippen molar-refractivity contribution in [1.29, 1.82) is 0 Å². The molecule has 2 aromatic heterocycles. The average molecular weight is 255 g/mol. The molecule has 0 bridgehead atoms. The maximum Gasteiger partial charge on any atom is 0.170 e. The Hall–Kier alpha value is -2.56. The molecular formula is C14H10FN3O. The summed E-state index contributed by atoms with van der Waals surface area (Å²) >= 11 is 0. The Labute approximate surface area is 108 Å². The minimum absolute atomic E-state index is 0.249. The van der Waals surface area contributed by atoms with Gasteiger partial charge in [-0.25, -0.2) is 13.9 Å². The summed E-state index contributed by atoms with van der Waals surface area (Å²) in [7, 11) is 0. The van der Waals surface area contributed by atoms with Crippen LogP contribution in [0.5, 0.6) is 0 Å². The molecule has 0 aliphatic heterocycles. The van der Waals surface area contributed by atoms with Crippen molar-refractivity contribution >= 4 is 11.9 Å². The van der Waals surface area contributed by atoms with Gasteiger partial charge in [0.1, 0.15) is 11.5 Å². The summed E-state index contributed by atoms with van der Waals surface area (Å²) < 4.78 is 14.7. The molecular weight excluding hydrogens is 245 g/mol. The van der Waals surface area contributed by atoms with Crippen molar-refractivity contribution in [1.82, 2.24) is 14.6 Å². The second-order valence-electron chi connectivity index (χ2n) is 4.25. The van der Waals surface area contributed by atoms with Gasteiger partial charge in [0, 0.05) is 5.56 Å². The number of halogens is 1. The Kier molecular flexibility index (Phi) is 2.59. The van der Waals surface area contributed by atoms with Crippen molar-refractivity contribution in [2.45, 2.75) is 6.92 Å². The lowest BCUT2D eigenvalue weighted by Crippen LogP contribution is -1.98. The van der Waals surface area contributed by atoms with Crippen LogP contribution in [0.4, 0.5) is 4.39 Å². The van der Waals surface area contributed by atoms with Crippen molar-refractivity contribution in [3.05, 3.63) is 53.6 Å². The summed E-state index contributed by atoms with van der Waals surface area (Å²) in [6.45, 7) is 1.70. The van der Waals surface area contributed by atoms with Crippen LogP contribution in [-0.2, 0) is 0 Å². The second kappa shape index (κ2) is 4.28. The lowest BCUT2D eigenvalue weighted by Gasteiger charge is -2.04. The quantitative estimate of drug-likeness (QED) is 0.661. The smallest absolute Gasteiger partial charge is 0.170 e. The van der Waals surface area contributed by atoms with E-state index in [1.165, 1.54) is 16.8 Å². The monoisotopic (exact) mass is 255 g/mol. The predicted octanol–water partition coefficient (Wildman–Crippen LogP) is 2.66. The number of nitrogens with zero attached hydrogens (tertiary/aromatic N) is 3. The fourth-order valence-electron chi connectivity index (χ4n) is 1.93. The first-order valence-electron chi connectivity index (χ1n) is 5.75. The van der Waals surface area contributed by atoms with E-state index in [-0.39, 0.29) is 5.82 Å². The third-order valence-corrected chi connectivity index (χ3v) is 2.96. The SMILES string of the molecule is Cc1cc(-c2ccc3ncc(C=O)n3n2)ccc1F. The van der Waals surface area contributed by atoms with Gasteiger partial charge in [-0.1, -0.05) is 0 Å². The molecule has 2 heterocycles. The zero-order chi connectivity index (χ0) is 13.4. The van der Waals surface area contributed by atoms with Crippen LogP contribution in [0.3, 0.4) is 0 Å². The molecule has 0 amide bonds. The fourth-order valence-corrected chi connectivity index (χ4v) is 1.93. The summed E-state index contributed by atoms with van der Waals surface area (Å²) in [5, 5.41) is 4.35. The number of aryl methyl sites for hydroxylation is 1. The Morgan fingerprint density at radius 1 is 1.26 bits per heavy atom. The minimum atomic E-state index is -0.249. The van der Waals surface area contributed by atoms with E-state index in [0.29, 0.717) is 28.9 Å². The van der Waals surface area contributed by atoms with Gasteiger partial charge < -0.3 is 0 Å². The molecule has 0 atom stereocenters. The number of aromatic nitrogens is 3. The van der Waals surface area contributed by atoms with E-state index in [1.807, 2.05) is 0 Å². The molecule has 0 fully saturated rings. The summed E-state index contributed by atoms with van der Waals surface area (Å²) in [6.07, 6.45) is 2.17. The van der Waals surface area contributed by atoms with Crippen molar-refractivity contribution < 1.29 is 9.18 Å². The number of imidazole rings is 1.